The summed E-state index contributed by atoms with van der Waals surface area (Å²) in [5.74, 6) is 2.22. The van der Waals surface area contributed by atoms with E-state index in [1.165, 1.54) is 0 Å². The van der Waals surface area contributed by atoms with Crippen LogP contribution in [0.2, 0.25) is 0 Å². The first-order valence-electron chi connectivity index (χ1n) is 10.1. The summed E-state index contributed by atoms with van der Waals surface area (Å²) < 4.78 is 11.4. The fraction of sp³-hybridized carbons (Fsp3) is 0.455. The summed E-state index contributed by atoms with van der Waals surface area (Å²) >= 11 is 0. The van der Waals surface area contributed by atoms with Crippen LogP contribution in [0, 0.1) is 0 Å². The third kappa shape index (κ3) is 7.62. The van der Waals surface area contributed by atoms with Crippen LogP contribution in [-0.2, 0) is 13.1 Å². The highest BCUT2D eigenvalue weighted by Crippen LogP contribution is 2.28. The number of hydrogen-bond donors (Lipinski definition) is 2. The molecule has 158 valence electrons. The second kappa shape index (κ2) is 12.6. The van der Waals surface area contributed by atoms with Gasteiger partial charge in [0.2, 0.25) is 0 Å². The van der Waals surface area contributed by atoms with Gasteiger partial charge in [0.05, 0.1) is 19.3 Å². The van der Waals surface area contributed by atoms with Crippen molar-refractivity contribution in [3.05, 3.63) is 53.9 Å². The Bertz CT molecular complexity index is 748. The van der Waals surface area contributed by atoms with Gasteiger partial charge in [0.1, 0.15) is 6.61 Å². The minimum atomic E-state index is 0.614. The summed E-state index contributed by atoms with van der Waals surface area (Å²) in [7, 11) is 3.41. The molecule has 1 aromatic carbocycles. The van der Waals surface area contributed by atoms with E-state index in [2.05, 4.69) is 39.4 Å². The third-order valence-electron chi connectivity index (χ3n) is 4.63. The molecule has 0 saturated carbocycles. The molecule has 1 aromatic heterocycles. The number of nitrogens with one attached hydrogen (secondary N) is 2. The Morgan fingerprint density at radius 2 is 1.86 bits per heavy atom. The number of likely N-dealkylation sites (N-methyl/N-ethyl adjacent to an activating group) is 1. The van der Waals surface area contributed by atoms with E-state index in [4.69, 9.17) is 9.47 Å². The molecule has 0 aliphatic carbocycles. The molecule has 0 amide bonds. The number of aliphatic imine (C=N–C) groups is 1. The number of pyridine rings is 1. The zero-order chi connectivity index (χ0) is 20.9. The monoisotopic (exact) mass is 399 g/mol. The van der Waals surface area contributed by atoms with E-state index in [0.29, 0.717) is 25.7 Å². The zero-order valence-corrected chi connectivity index (χ0v) is 17.9. The van der Waals surface area contributed by atoms with Crippen molar-refractivity contribution in [2.45, 2.75) is 26.9 Å². The molecule has 0 aliphatic rings. The van der Waals surface area contributed by atoms with Gasteiger partial charge in [-0.05, 0) is 42.9 Å². The van der Waals surface area contributed by atoms with E-state index in [9.17, 15) is 0 Å². The molecule has 0 aliphatic heterocycles. The van der Waals surface area contributed by atoms with Gasteiger partial charge in [-0.25, -0.2) is 0 Å². The molecule has 29 heavy (non-hydrogen) atoms. The summed E-state index contributed by atoms with van der Waals surface area (Å²) in [6, 6.07) is 11.8. The van der Waals surface area contributed by atoms with Crippen molar-refractivity contribution in [1.82, 2.24) is 20.5 Å². The number of methoxy groups -OCH3 is 1. The summed E-state index contributed by atoms with van der Waals surface area (Å²) in [6.07, 6.45) is 1.78. The first-order valence-corrected chi connectivity index (χ1v) is 10.1. The number of benzene rings is 1. The van der Waals surface area contributed by atoms with Crippen LogP contribution in [0.3, 0.4) is 0 Å². The molecule has 2 N–H and O–H groups in total. The van der Waals surface area contributed by atoms with Gasteiger partial charge < -0.3 is 25.0 Å². The minimum Gasteiger partial charge on any atom is -0.493 e. The van der Waals surface area contributed by atoms with Gasteiger partial charge in [-0.15, -0.1) is 0 Å². The van der Waals surface area contributed by atoms with Crippen molar-refractivity contribution in [2.75, 3.05) is 40.4 Å². The molecule has 0 saturated heterocycles. The Morgan fingerprint density at radius 1 is 1.07 bits per heavy atom. The maximum Gasteiger partial charge on any atom is 0.191 e. The van der Waals surface area contributed by atoms with Gasteiger partial charge in [0.15, 0.2) is 17.5 Å². The minimum absolute atomic E-state index is 0.614. The molecule has 0 atom stereocenters. The Kier molecular flexibility index (Phi) is 9.78. The van der Waals surface area contributed by atoms with Crippen molar-refractivity contribution < 1.29 is 9.47 Å². The summed E-state index contributed by atoms with van der Waals surface area (Å²) in [4.78, 5) is 10.9. The largest absolute Gasteiger partial charge is 0.493 e. The molecule has 0 bridgehead atoms. The van der Waals surface area contributed by atoms with Crippen molar-refractivity contribution in [2.24, 2.45) is 4.99 Å². The maximum atomic E-state index is 5.92. The first kappa shape index (κ1) is 22.5. The summed E-state index contributed by atoms with van der Waals surface area (Å²) in [5, 5.41) is 6.57. The van der Waals surface area contributed by atoms with Crippen molar-refractivity contribution in [3.63, 3.8) is 0 Å². The Balaban J connectivity index is 1.86. The molecule has 0 radical (unpaired) electrons. The molecule has 7 nitrogen and oxygen atoms in total. The number of guanidine groups is 1. The van der Waals surface area contributed by atoms with Crippen LogP contribution in [0.4, 0.5) is 0 Å². The van der Waals surface area contributed by atoms with Crippen LogP contribution in [-0.4, -0.2) is 56.2 Å². The average molecular weight is 400 g/mol. The lowest BCUT2D eigenvalue weighted by Crippen LogP contribution is -2.36. The molecule has 0 spiro atoms. The molecular weight excluding hydrogens is 366 g/mol. The lowest BCUT2D eigenvalue weighted by atomic mass is 10.2. The fourth-order valence-corrected chi connectivity index (χ4v) is 2.85. The maximum absolute atomic E-state index is 5.92. The number of hydrogen-bond acceptors (Lipinski definition) is 5. The van der Waals surface area contributed by atoms with Crippen LogP contribution >= 0.6 is 0 Å². The molecular formula is C22H33N5O2. The van der Waals surface area contributed by atoms with Crippen LogP contribution < -0.4 is 20.1 Å². The number of nitrogens with zero attached hydrogens (tertiary/aromatic N) is 3. The van der Waals surface area contributed by atoms with Gasteiger partial charge in [0.25, 0.3) is 0 Å². The lowest BCUT2D eigenvalue weighted by molar-refractivity contribution is 0.217. The zero-order valence-electron chi connectivity index (χ0n) is 17.9. The van der Waals surface area contributed by atoms with Crippen LogP contribution in [0.25, 0.3) is 0 Å². The second-order valence-corrected chi connectivity index (χ2v) is 6.46. The van der Waals surface area contributed by atoms with E-state index in [1.54, 1.807) is 20.4 Å². The summed E-state index contributed by atoms with van der Waals surface area (Å²) in [6.45, 7) is 9.14. The smallest absolute Gasteiger partial charge is 0.191 e. The Labute approximate surface area is 174 Å². The first-order chi connectivity index (χ1) is 14.2. The lowest BCUT2D eigenvalue weighted by Gasteiger charge is -2.19. The third-order valence-corrected chi connectivity index (χ3v) is 4.63. The van der Waals surface area contributed by atoms with Crippen molar-refractivity contribution in [1.29, 1.82) is 0 Å². The van der Waals surface area contributed by atoms with E-state index >= 15 is 0 Å². The van der Waals surface area contributed by atoms with Gasteiger partial charge in [0, 0.05) is 26.3 Å². The van der Waals surface area contributed by atoms with E-state index in [0.717, 1.165) is 42.4 Å². The SMILES string of the molecule is CCN(CC)CCOc1ccc(CNC(=NC)NCc2ccccn2)cc1OC. The molecule has 1 heterocycles. The normalized spacial score (nSPS) is 11.4. The molecule has 2 aromatic rings. The average Bonchev–Trinajstić information content (AvgIpc) is 2.78. The van der Waals surface area contributed by atoms with Gasteiger partial charge in [-0.2, -0.15) is 0 Å². The van der Waals surface area contributed by atoms with Crippen LogP contribution in [0.5, 0.6) is 11.5 Å². The number of aromatic nitrogens is 1. The highest BCUT2D eigenvalue weighted by atomic mass is 16.5. The molecule has 0 unspecified atom stereocenters. The molecule has 0 fully saturated rings. The predicted octanol–water partition coefficient (Wildman–Crippen LogP) is 2.68. The number of rotatable bonds is 11. The second-order valence-electron chi connectivity index (χ2n) is 6.46. The Hall–Kier alpha value is -2.80. The topological polar surface area (TPSA) is 71.0 Å². The van der Waals surface area contributed by atoms with E-state index in [1.807, 2.05) is 36.4 Å². The van der Waals surface area contributed by atoms with Crippen molar-refractivity contribution >= 4 is 5.96 Å². The molecule has 7 heteroatoms. The highest BCUT2D eigenvalue weighted by molar-refractivity contribution is 5.79. The van der Waals surface area contributed by atoms with Gasteiger partial charge in [-0.3, -0.25) is 9.98 Å². The van der Waals surface area contributed by atoms with Crippen molar-refractivity contribution in [3.8, 4) is 11.5 Å². The van der Waals surface area contributed by atoms with E-state index < -0.39 is 0 Å². The quantitative estimate of drug-likeness (QED) is 0.447. The number of ether oxygens (including phenoxy) is 2. The van der Waals surface area contributed by atoms with Crippen LogP contribution in [0.15, 0.2) is 47.6 Å². The van der Waals surface area contributed by atoms with E-state index in [-0.39, 0.29) is 0 Å². The Morgan fingerprint density at radius 3 is 2.52 bits per heavy atom. The predicted molar refractivity (Wildman–Crippen MR) is 118 cm³/mol. The van der Waals surface area contributed by atoms with Gasteiger partial charge in [-0.1, -0.05) is 26.0 Å². The molecule has 2 rings (SSSR count). The fourth-order valence-electron chi connectivity index (χ4n) is 2.85. The summed E-state index contributed by atoms with van der Waals surface area (Å²) in [5.41, 5.74) is 2.04. The van der Waals surface area contributed by atoms with Crippen LogP contribution in [0.1, 0.15) is 25.1 Å². The standard InChI is InChI=1S/C22H33N5O2/c1-5-27(6-2)13-14-29-20-11-10-18(15-21(20)28-4)16-25-22(23-3)26-17-19-9-7-8-12-24-19/h7-12,15H,5-6,13-14,16-17H2,1-4H3,(H2,23,25,26). The highest BCUT2D eigenvalue weighted by Gasteiger charge is 2.08. The van der Waals surface area contributed by atoms with Gasteiger partial charge >= 0.3 is 0 Å².